The SMILES string of the molecule is COc1cc(OC)c2c(C)c(CC(=O)N3CCCCC3)c(=O)oc2c1. The molecule has 134 valence electrons. The number of carbonyl (C=O) groups is 1. The predicted molar refractivity (Wildman–Crippen MR) is 94.5 cm³/mol. The molecule has 0 bridgehead atoms. The monoisotopic (exact) mass is 345 g/mol. The summed E-state index contributed by atoms with van der Waals surface area (Å²) in [6.45, 7) is 3.35. The van der Waals surface area contributed by atoms with Gasteiger partial charge in [-0.2, -0.15) is 0 Å². The van der Waals surface area contributed by atoms with Crippen LogP contribution < -0.4 is 15.1 Å². The minimum atomic E-state index is -0.481. The van der Waals surface area contributed by atoms with Crippen LogP contribution in [0.5, 0.6) is 11.5 Å². The predicted octanol–water partition coefficient (Wildman–Crippen LogP) is 2.67. The lowest BCUT2D eigenvalue weighted by Gasteiger charge is -2.26. The van der Waals surface area contributed by atoms with Gasteiger partial charge in [0.1, 0.15) is 17.1 Å². The van der Waals surface area contributed by atoms with Crippen LogP contribution in [0.3, 0.4) is 0 Å². The van der Waals surface area contributed by atoms with Crippen molar-refractivity contribution in [2.75, 3.05) is 27.3 Å². The number of rotatable bonds is 4. The molecule has 6 nitrogen and oxygen atoms in total. The van der Waals surface area contributed by atoms with Crippen molar-refractivity contribution in [3.8, 4) is 11.5 Å². The van der Waals surface area contributed by atoms with E-state index in [1.54, 1.807) is 19.2 Å². The van der Waals surface area contributed by atoms with Crippen molar-refractivity contribution in [3.05, 3.63) is 33.7 Å². The normalized spacial score (nSPS) is 14.6. The Morgan fingerprint density at radius 3 is 2.52 bits per heavy atom. The van der Waals surface area contributed by atoms with E-state index in [4.69, 9.17) is 13.9 Å². The smallest absolute Gasteiger partial charge is 0.340 e. The summed E-state index contributed by atoms with van der Waals surface area (Å²) in [5.41, 5.74) is 1.03. The Hall–Kier alpha value is -2.50. The molecule has 1 aliphatic heterocycles. The Labute approximate surface area is 146 Å². The molecule has 25 heavy (non-hydrogen) atoms. The Morgan fingerprint density at radius 1 is 1.16 bits per heavy atom. The van der Waals surface area contributed by atoms with Gasteiger partial charge in [0.05, 0.1) is 31.6 Å². The molecule has 1 amide bonds. The van der Waals surface area contributed by atoms with Crippen molar-refractivity contribution < 1.29 is 18.7 Å². The summed E-state index contributed by atoms with van der Waals surface area (Å²) in [6, 6.07) is 3.40. The van der Waals surface area contributed by atoms with Crippen molar-refractivity contribution in [1.82, 2.24) is 4.90 Å². The largest absolute Gasteiger partial charge is 0.496 e. The molecule has 0 aliphatic carbocycles. The first-order valence-electron chi connectivity index (χ1n) is 8.51. The van der Waals surface area contributed by atoms with Gasteiger partial charge >= 0.3 is 5.63 Å². The van der Waals surface area contributed by atoms with Crippen molar-refractivity contribution in [2.24, 2.45) is 0 Å². The molecule has 1 aliphatic rings. The highest BCUT2D eigenvalue weighted by Crippen LogP contribution is 2.33. The van der Waals surface area contributed by atoms with Gasteiger partial charge in [-0.3, -0.25) is 4.79 Å². The summed E-state index contributed by atoms with van der Waals surface area (Å²) >= 11 is 0. The third-order valence-corrected chi connectivity index (χ3v) is 4.81. The molecule has 0 atom stereocenters. The quantitative estimate of drug-likeness (QED) is 0.797. The number of hydrogen-bond acceptors (Lipinski definition) is 5. The van der Waals surface area contributed by atoms with Crippen molar-refractivity contribution in [1.29, 1.82) is 0 Å². The average Bonchev–Trinajstić information content (AvgIpc) is 2.64. The van der Waals surface area contributed by atoms with E-state index in [1.165, 1.54) is 7.11 Å². The molecular weight excluding hydrogens is 322 g/mol. The maximum Gasteiger partial charge on any atom is 0.340 e. The fourth-order valence-electron chi connectivity index (χ4n) is 3.37. The first-order valence-corrected chi connectivity index (χ1v) is 8.51. The van der Waals surface area contributed by atoms with Crippen LogP contribution in [-0.4, -0.2) is 38.1 Å². The van der Waals surface area contributed by atoms with Gasteiger partial charge < -0.3 is 18.8 Å². The number of amides is 1. The fourth-order valence-corrected chi connectivity index (χ4v) is 3.37. The fraction of sp³-hybridized carbons (Fsp3) is 0.474. The van der Waals surface area contributed by atoms with Gasteiger partial charge in [0.2, 0.25) is 5.91 Å². The molecule has 0 radical (unpaired) electrons. The topological polar surface area (TPSA) is 69.0 Å². The minimum Gasteiger partial charge on any atom is -0.496 e. The molecule has 1 aromatic carbocycles. The number of aryl methyl sites for hydroxylation is 1. The van der Waals surface area contributed by atoms with E-state index in [1.807, 2.05) is 11.8 Å². The van der Waals surface area contributed by atoms with E-state index in [2.05, 4.69) is 0 Å². The second-order valence-corrected chi connectivity index (χ2v) is 6.31. The highest BCUT2D eigenvalue weighted by atomic mass is 16.5. The second kappa shape index (κ2) is 7.17. The van der Waals surface area contributed by atoms with Gasteiger partial charge in [0.15, 0.2) is 0 Å². The van der Waals surface area contributed by atoms with Crippen molar-refractivity contribution in [3.63, 3.8) is 0 Å². The lowest BCUT2D eigenvalue weighted by molar-refractivity contribution is -0.131. The van der Waals surface area contributed by atoms with E-state index in [-0.39, 0.29) is 12.3 Å². The summed E-state index contributed by atoms with van der Waals surface area (Å²) in [7, 11) is 3.09. The van der Waals surface area contributed by atoms with Gasteiger partial charge in [-0.15, -0.1) is 0 Å². The van der Waals surface area contributed by atoms with E-state index < -0.39 is 5.63 Å². The van der Waals surface area contributed by atoms with E-state index in [0.29, 0.717) is 28.0 Å². The number of ether oxygens (including phenoxy) is 2. The summed E-state index contributed by atoms with van der Waals surface area (Å²) in [5, 5.41) is 0.698. The van der Waals surface area contributed by atoms with E-state index in [9.17, 15) is 9.59 Å². The van der Waals surface area contributed by atoms with Crippen molar-refractivity contribution >= 4 is 16.9 Å². The molecule has 0 saturated carbocycles. The number of carbonyl (C=O) groups excluding carboxylic acids is 1. The lowest BCUT2D eigenvalue weighted by Crippen LogP contribution is -2.37. The third kappa shape index (κ3) is 3.34. The zero-order valence-corrected chi connectivity index (χ0v) is 14.9. The highest BCUT2D eigenvalue weighted by Gasteiger charge is 2.22. The summed E-state index contributed by atoms with van der Waals surface area (Å²) in [5.74, 6) is 1.08. The highest BCUT2D eigenvalue weighted by molar-refractivity contribution is 5.90. The third-order valence-electron chi connectivity index (χ3n) is 4.81. The molecule has 2 heterocycles. The molecule has 0 N–H and O–H groups in total. The number of piperidine rings is 1. The molecule has 1 aromatic heterocycles. The standard InChI is InChI=1S/C19H23NO5/c1-12-14(11-17(21)20-7-5-4-6-8-20)19(22)25-16-10-13(23-2)9-15(24-3)18(12)16/h9-10H,4-8,11H2,1-3H3. The van der Waals surface area contributed by atoms with Crippen LogP contribution in [0, 0.1) is 6.92 Å². The molecule has 0 spiro atoms. The summed E-state index contributed by atoms with van der Waals surface area (Å²) in [6.07, 6.45) is 3.24. The zero-order chi connectivity index (χ0) is 18.0. The zero-order valence-electron chi connectivity index (χ0n) is 14.9. The average molecular weight is 345 g/mol. The molecular formula is C19H23NO5. The van der Waals surface area contributed by atoms with Crippen LogP contribution in [0.2, 0.25) is 0 Å². The number of methoxy groups -OCH3 is 2. The van der Waals surface area contributed by atoms with Gasteiger partial charge in [-0.05, 0) is 31.7 Å². The first-order chi connectivity index (χ1) is 12.0. The van der Waals surface area contributed by atoms with Crippen LogP contribution in [0.15, 0.2) is 21.3 Å². The minimum absolute atomic E-state index is 0.0260. The molecule has 2 aromatic rings. The molecule has 1 saturated heterocycles. The number of fused-ring (bicyclic) bond motifs is 1. The van der Waals surface area contributed by atoms with Gasteiger partial charge in [-0.1, -0.05) is 0 Å². The van der Waals surface area contributed by atoms with Gasteiger partial charge in [0.25, 0.3) is 0 Å². The number of likely N-dealkylation sites (tertiary alicyclic amines) is 1. The van der Waals surface area contributed by atoms with E-state index >= 15 is 0 Å². The maximum atomic E-state index is 12.6. The Bertz CT molecular complexity index is 849. The Kier molecular flexibility index (Phi) is 4.97. The molecule has 0 unspecified atom stereocenters. The lowest BCUT2D eigenvalue weighted by atomic mass is 10.0. The van der Waals surface area contributed by atoms with Crippen LogP contribution in [0.25, 0.3) is 11.0 Å². The number of hydrogen-bond donors (Lipinski definition) is 0. The van der Waals surface area contributed by atoms with Crippen LogP contribution in [-0.2, 0) is 11.2 Å². The Morgan fingerprint density at radius 2 is 1.88 bits per heavy atom. The van der Waals surface area contributed by atoms with E-state index in [0.717, 1.165) is 37.9 Å². The molecule has 1 fully saturated rings. The number of nitrogens with zero attached hydrogens (tertiary/aromatic N) is 1. The van der Waals surface area contributed by atoms with Gasteiger partial charge in [0, 0.05) is 25.2 Å². The summed E-state index contributed by atoms with van der Waals surface area (Å²) < 4.78 is 16.1. The van der Waals surface area contributed by atoms with Crippen LogP contribution >= 0.6 is 0 Å². The maximum absolute atomic E-state index is 12.6. The van der Waals surface area contributed by atoms with Crippen molar-refractivity contribution in [2.45, 2.75) is 32.6 Å². The molecule has 6 heteroatoms. The second-order valence-electron chi connectivity index (χ2n) is 6.31. The number of benzene rings is 1. The Balaban J connectivity index is 2.03. The molecule has 3 rings (SSSR count). The van der Waals surface area contributed by atoms with Crippen LogP contribution in [0.1, 0.15) is 30.4 Å². The van der Waals surface area contributed by atoms with Gasteiger partial charge in [-0.25, -0.2) is 4.79 Å². The first kappa shape index (κ1) is 17.3. The van der Waals surface area contributed by atoms with Crippen LogP contribution in [0.4, 0.5) is 0 Å². The summed E-state index contributed by atoms with van der Waals surface area (Å²) in [4.78, 5) is 26.8.